The fourth-order valence-corrected chi connectivity index (χ4v) is 1.60. The van der Waals surface area contributed by atoms with Crippen LogP contribution in [0.5, 0.6) is 0 Å². The molecule has 1 rings (SSSR count). The zero-order valence-electron chi connectivity index (χ0n) is 10.5. The molecule has 0 aliphatic carbocycles. The summed E-state index contributed by atoms with van der Waals surface area (Å²) in [5.41, 5.74) is 7.23. The fraction of sp³-hybridized carbons (Fsp3) is 0.462. The molecule has 17 heavy (non-hydrogen) atoms. The molecule has 1 aromatic carbocycles. The van der Waals surface area contributed by atoms with Crippen molar-refractivity contribution in [3.63, 3.8) is 0 Å². The standard InChI is InChI=1S/C13H20N2O2/c1-3-9-15(13(16)8-10-17-2)12-6-4-11(14)5-7-12/h4-7H,3,8-10,14H2,1-2H3. The molecule has 94 valence electrons. The van der Waals surface area contributed by atoms with Gasteiger partial charge in [0.25, 0.3) is 0 Å². The van der Waals surface area contributed by atoms with Crippen LogP contribution in [0.3, 0.4) is 0 Å². The van der Waals surface area contributed by atoms with Crippen molar-refractivity contribution in [3.05, 3.63) is 24.3 Å². The molecule has 0 saturated heterocycles. The molecular formula is C13H20N2O2. The van der Waals surface area contributed by atoms with Crippen LogP contribution in [0.25, 0.3) is 0 Å². The zero-order chi connectivity index (χ0) is 12.7. The van der Waals surface area contributed by atoms with Gasteiger partial charge in [-0.15, -0.1) is 0 Å². The topological polar surface area (TPSA) is 55.6 Å². The van der Waals surface area contributed by atoms with E-state index in [0.717, 1.165) is 12.1 Å². The van der Waals surface area contributed by atoms with Crippen molar-refractivity contribution in [2.45, 2.75) is 19.8 Å². The number of amides is 1. The smallest absolute Gasteiger partial charge is 0.229 e. The number of hydrogen-bond donors (Lipinski definition) is 1. The van der Waals surface area contributed by atoms with Crippen molar-refractivity contribution in [1.82, 2.24) is 0 Å². The van der Waals surface area contributed by atoms with E-state index in [1.54, 1.807) is 12.0 Å². The second kappa shape index (κ2) is 6.91. The summed E-state index contributed by atoms with van der Waals surface area (Å²) in [4.78, 5) is 13.8. The van der Waals surface area contributed by atoms with Crippen LogP contribution in [0.15, 0.2) is 24.3 Å². The first-order valence-electron chi connectivity index (χ1n) is 5.84. The molecule has 4 heteroatoms. The Hall–Kier alpha value is -1.55. The highest BCUT2D eigenvalue weighted by atomic mass is 16.5. The Kier molecular flexibility index (Phi) is 5.49. The number of ether oxygens (including phenoxy) is 1. The molecule has 0 atom stereocenters. The van der Waals surface area contributed by atoms with Gasteiger partial charge >= 0.3 is 0 Å². The van der Waals surface area contributed by atoms with Crippen molar-refractivity contribution in [2.75, 3.05) is 30.9 Å². The van der Waals surface area contributed by atoms with E-state index in [2.05, 4.69) is 0 Å². The molecule has 0 fully saturated rings. The number of rotatable bonds is 6. The monoisotopic (exact) mass is 236 g/mol. The van der Waals surface area contributed by atoms with E-state index >= 15 is 0 Å². The van der Waals surface area contributed by atoms with Crippen LogP contribution in [-0.4, -0.2) is 26.2 Å². The number of nitrogens with zero attached hydrogens (tertiary/aromatic N) is 1. The third kappa shape index (κ3) is 4.07. The Morgan fingerprint density at radius 2 is 2.00 bits per heavy atom. The van der Waals surface area contributed by atoms with E-state index in [0.29, 0.717) is 25.3 Å². The average molecular weight is 236 g/mol. The quantitative estimate of drug-likeness (QED) is 0.769. The number of nitrogen functional groups attached to an aromatic ring is 1. The van der Waals surface area contributed by atoms with Crippen LogP contribution in [0.2, 0.25) is 0 Å². The predicted octanol–water partition coefficient (Wildman–Crippen LogP) is 2.05. The van der Waals surface area contributed by atoms with E-state index in [1.165, 1.54) is 0 Å². The van der Waals surface area contributed by atoms with Crippen LogP contribution in [0, 0.1) is 0 Å². The third-order valence-corrected chi connectivity index (χ3v) is 2.47. The number of nitrogens with two attached hydrogens (primary N) is 1. The Bertz CT molecular complexity index is 349. The highest BCUT2D eigenvalue weighted by Gasteiger charge is 2.14. The SMILES string of the molecule is CCCN(C(=O)CCOC)c1ccc(N)cc1. The Labute approximate surface area is 102 Å². The van der Waals surface area contributed by atoms with Crippen molar-refractivity contribution in [1.29, 1.82) is 0 Å². The molecule has 0 aliphatic rings. The Morgan fingerprint density at radius 1 is 1.35 bits per heavy atom. The van der Waals surface area contributed by atoms with Gasteiger partial charge in [0.05, 0.1) is 13.0 Å². The summed E-state index contributed by atoms with van der Waals surface area (Å²) in [6, 6.07) is 7.36. The summed E-state index contributed by atoms with van der Waals surface area (Å²) < 4.78 is 4.93. The van der Waals surface area contributed by atoms with Crippen LogP contribution >= 0.6 is 0 Å². The largest absolute Gasteiger partial charge is 0.399 e. The van der Waals surface area contributed by atoms with Gasteiger partial charge < -0.3 is 15.4 Å². The molecule has 0 aromatic heterocycles. The highest BCUT2D eigenvalue weighted by Crippen LogP contribution is 2.17. The predicted molar refractivity (Wildman–Crippen MR) is 70.0 cm³/mol. The number of methoxy groups -OCH3 is 1. The molecule has 1 amide bonds. The molecule has 0 bridgehead atoms. The molecule has 0 unspecified atom stereocenters. The van der Waals surface area contributed by atoms with Crippen LogP contribution in [-0.2, 0) is 9.53 Å². The minimum Gasteiger partial charge on any atom is -0.399 e. The molecule has 2 N–H and O–H groups in total. The van der Waals surface area contributed by atoms with Gasteiger partial charge in [0, 0.05) is 25.0 Å². The molecule has 0 radical (unpaired) electrons. The average Bonchev–Trinajstić information content (AvgIpc) is 2.34. The molecular weight excluding hydrogens is 216 g/mol. The van der Waals surface area contributed by atoms with Crippen molar-refractivity contribution >= 4 is 17.3 Å². The Morgan fingerprint density at radius 3 is 2.53 bits per heavy atom. The lowest BCUT2D eigenvalue weighted by atomic mass is 10.2. The fourth-order valence-electron chi connectivity index (χ4n) is 1.60. The van der Waals surface area contributed by atoms with Crippen molar-refractivity contribution < 1.29 is 9.53 Å². The van der Waals surface area contributed by atoms with Gasteiger partial charge in [-0.1, -0.05) is 6.92 Å². The number of anilines is 2. The summed E-state index contributed by atoms with van der Waals surface area (Å²) in [6.07, 6.45) is 1.32. The number of carbonyl (C=O) groups excluding carboxylic acids is 1. The minimum absolute atomic E-state index is 0.0819. The van der Waals surface area contributed by atoms with Gasteiger partial charge in [0.2, 0.25) is 5.91 Å². The zero-order valence-corrected chi connectivity index (χ0v) is 10.5. The van der Waals surface area contributed by atoms with Crippen LogP contribution in [0.1, 0.15) is 19.8 Å². The third-order valence-electron chi connectivity index (χ3n) is 2.47. The minimum atomic E-state index is 0.0819. The van der Waals surface area contributed by atoms with Crippen molar-refractivity contribution in [3.8, 4) is 0 Å². The lowest BCUT2D eigenvalue weighted by Gasteiger charge is -2.22. The molecule has 0 heterocycles. The summed E-state index contributed by atoms with van der Waals surface area (Å²) in [5, 5.41) is 0. The van der Waals surface area contributed by atoms with Crippen LogP contribution < -0.4 is 10.6 Å². The molecule has 0 saturated carbocycles. The van der Waals surface area contributed by atoms with E-state index in [-0.39, 0.29) is 5.91 Å². The van der Waals surface area contributed by atoms with E-state index in [4.69, 9.17) is 10.5 Å². The Balaban J connectivity index is 2.77. The van der Waals surface area contributed by atoms with Gasteiger partial charge in [0.15, 0.2) is 0 Å². The number of benzene rings is 1. The normalized spacial score (nSPS) is 10.2. The van der Waals surface area contributed by atoms with E-state index in [9.17, 15) is 4.79 Å². The first-order chi connectivity index (χ1) is 8.19. The van der Waals surface area contributed by atoms with E-state index in [1.807, 2.05) is 31.2 Å². The van der Waals surface area contributed by atoms with Gasteiger partial charge in [0.1, 0.15) is 0 Å². The number of hydrogen-bond acceptors (Lipinski definition) is 3. The van der Waals surface area contributed by atoms with Gasteiger partial charge in [-0.25, -0.2) is 0 Å². The summed E-state index contributed by atoms with van der Waals surface area (Å²) in [5.74, 6) is 0.0819. The first-order valence-corrected chi connectivity index (χ1v) is 5.84. The maximum Gasteiger partial charge on any atom is 0.229 e. The maximum atomic E-state index is 12.0. The van der Waals surface area contributed by atoms with Gasteiger partial charge in [-0.05, 0) is 30.7 Å². The van der Waals surface area contributed by atoms with Gasteiger partial charge in [-0.3, -0.25) is 4.79 Å². The van der Waals surface area contributed by atoms with Gasteiger partial charge in [-0.2, -0.15) is 0 Å². The molecule has 0 aliphatic heterocycles. The molecule has 1 aromatic rings. The second-order valence-electron chi connectivity index (χ2n) is 3.88. The summed E-state index contributed by atoms with van der Waals surface area (Å²) >= 11 is 0. The lowest BCUT2D eigenvalue weighted by Crippen LogP contribution is -2.32. The lowest BCUT2D eigenvalue weighted by molar-refractivity contribution is -0.119. The first kappa shape index (κ1) is 13.5. The second-order valence-corrected chi connectivity index (χ2v) is 3.88. The van der Waals surface area contributed by atoms with Crippen LogP contribution in [0.4, 0.5) is 11.4 Å². The molecule has 4 nitrogen and oxygen atoms in total. The highest BCUT2D eigenvalue weighted by molar-refractivity contribution is 5.93. The van der Waals surface area contributed by atoms with E-state index < -0.39 is 0 Å². The number of carbonyl (C=O) groups is 1. The van der Waals surface area contributed by atoms with Crippen molar-refractivity contribution in [2.24, 2.45) is 0 Å². The molecule has 0 spiro atoms. The summed E-state index contributed by atoms with van der Waals surface area (Å²) in [7, 11) is 1.60. The maximum absolute atomic E-state index is 12.0. The summed E-state index contributed by atoms with van der Waals surface area (Å²) in [6.45, 7) is 3.22.